The Balaban J connectivity index is 1.61. The van der Waals surface area contributed by atoms with Gasteiger partial charge in [-0.2, -0.15) is 0 Å². The molecular formula is C24H22O12. The van der Waals surface area contributed by atoms with E-state index in [2.05, 4.69) is 0 Å². The van der Waals surface area contributed by atoms with Crippen LogP contribution in [0.3, 0.4) is 0 Å². The maximum absolute atomic E-state index is 13.3. The number of hydrogen-bond donors (Lipinski definition) is 5. The maximum atomic E-state index is 13.3. The summed E-state index contributed by atoms with van der Waals surface area (Å²) in [7, 11) is 0. The molecule has 0 unspecified atom stereocenters. The highest BCUT2D eigenvalue weighted by Crippen LogP contribution is 2.38. The number of carbonyl (C=O) groups is 4. The molecule has 2 aliphatic rings. The molecule has 1 fully saturated rings. The monoisotopic (exact) mass is 502 g/mol. The summed E-state index contributed by atoms with van der Waals surface area (Å²) in [5, 5.41) is 49.8. The first-order valence-corrected chi connectivity index (χ1v) is 10.8. The third-order valence-corrected chi connectivity index (χ3v) is 5.85. The summed E-state index contributed by atoms with van der Waals surface area (Å²) in [4.78, 5) is 48.5. The third kappa shape index (κ3) is 4.54. The molecule has 1 aliphatic heterocycles. The van der Waals surface area contributed by atoms with Gasteiger partial charge in [-0.05, 0) is 30.7 Å². The molecule has 0 radical (unpaired) electrons. The number of phenolic OH excluding ortho intramolecular Hbond substituents is 1. The summed E-state index contributed by atoms with van der Waals surface area (Å²) in [6.07, 6.45) is -9.41. The zero-order valence-corrected chi connectivity index (χ0v) is 18.8. The van der Waals surface area contributed by atoms with Gasteiger partial charge in [0, 0.05) is 11.1 Å². The van der Waals surface area contributed by atoms with Gasteiger partial charge in [0.1, 0.15) is 48.9 Å². The van der Waals surface area contributed by atoms with Crippen LogP contribution in [0.4, 0.5) is 0 Å². The predicted octanol–water partition coefficient (Wildman–Crippen LogP) is -0.320. The van der Waals surface area contributed by atoms with E-state index in [1.54, 1.807) is 6.92 Å². The largest absolute Gasteiger partial charge is 0.507 e. The van der Waals surface area contributed by atoms with Crippen LogP contribution in [-0.2, 0) is 19.1 Å². The van der Waals surface area contributed by atoms with Crippen molar-refractivity contribution < 1.29 is 58.9 Å². The summed E-state index contributed by atoms with van der Waals surface area (Å²) < 4.78 is 15.9. The van der Waals surface area contributed by atoms with Crippen molar-refractivity contribution in [2.45, 2.75) is 44.1 Å². The molecule has 5 atom stereocenters. The van der Waals surface area contributed by atoms with Crippen LogP contribution in [0.2, 0.25) is 0 Å². The molecule has 12 heteroatoms. The number of carboxylic acid groups (broad SMARTS) is 1. The highest BCUT2D eigenvalue weighted by Gasteiger charge is 2.46. The number of carboxylic acids is 1. The molecule has 1 saturated heterocycles. The number of aryl methyl sites for hydroxylation is 1. The van der Waals surface area contributed by atoms with Crippen molar-refractivity contribution in [3.05, 3.63) is 58.1 Å². The molecule has 0 saturated carbocycles. The second-order valence-corrected chi connectivity index (χ2v) is 8.43. The van der Waals surface area contributed by atoms with E-state index >= 15 is 0 Å². The lowest BCUT2D eigenvalue weighted by atomic mass is 9.82. The second-order valence-electron chi connectivity index (χ2n) is 8.43. The van der Waals surface area contributed by atoms with E-state index in [9.17, 15) is 39.6 Å². The summed E-state index contributed by atoms with van der Waals surface area (Å²) >= 11 is 0. The number of aliphatic hydroxyl groups excluding tert-OH is 3. The molecule has 0 amide bonds. The van der Waals surface area contributed by atoms with Crippen LogP contribution in [-0.4, -0.2) is 86.4 Å². The Morgan fingerprint density at radius 2 is 1.69 bits per heavy atom. The van der Waals surface area contributed by atoms with Crippen LogP contribution in [0.15, 0.2) is 30.3 Å². The van der Waals surface area contributed by atoms with Gasteiger partial charge in [-0.1, -0.05) is 12.1 Å². The molecule has 2 aromatic carbocycles. The maximum Gasteiger partial charge on any atom is 0.317 e. The smallest absolute Gasteiger partial charge is 0.317 e. The van der Waals surface area contributed by atoms with Crippen molar-refractivity contribution in [1.29, 1.82) is 0 Å². The first-order chi connectivity index (χ1) is 17.0. The van der Waals surface area contributed by atoms with Crippen LogP contribution >= 0.6 is 0 Å². The van der Waals surface area contributed by atoms with Gasteiger partial charge in [-0.25, -0.2) is 0 Å². The average Bonchev–Trinajstić information content (AvgIpc) is 2.81. The lowest BCUT2D eigenvalue weighted by Crippen LogP contribution is -2.60. The van der Waals surface area contributed by atoms with Crippen molar-refractivity contribution in [2.24, 2.45) is 0 Å². The van der Waals surface area contributed by atoms with Crippen LogP contribution in [0, 0.1) is 6.92 Å². The fourth-order valence-corrected chi connectivity index (χ4v) is 4.13. The number of hydrogen-bond acceptors (Lipinski definition) is 11. The van der Waals surface area contributed by atoms with Gasteiger partial charge in [-0.3, -0.25) is 19.2 Å². The zero-order valence-electron chi connectivity index (χ0n) is 18.8. The van der Waals surface area contributed by atoms with Crippen molar-refractivity contribution in [3.63, 3.8) is 0 Å². The van der Waals surface area contributed by atoms with E-state index in [1.165, 1.54) is 30.3 Å². The van der Waals surface area contributed by atoms with Crippen LogP contribution in [0.1, 0.15) is 43.8 Å². The Bertz CT molecular complexity index is 1250. The van der Waals surface area contributed by atoms with E-state index in [0.29, 0.717) is 5.56 Å². The summed E-state index contributed by atoms with van der Waals surface area (Å²) in [6.45, 7) is 0.992. The molecule has 0 spiro atoms. The van der Waals surface area contributed by atoms with E-state index in [1.807, 2.05) is 0 Å². The number of ketones is 2. The minimum atomic E-state index is -1.82. The van der Waals surface area contributed by atoms with Crippen molar-refractivity contribution in [2.75, 3.05) is 6.61 Å². The van der Waals surface area contributed by atoms with E-state index in [4.69, 9.17) is 19.3 Å². The lowest BCUT2D eigenvalue weighted by Gasteiger charge is -2.40. The fraction of sp³-hybridized carbons (Fsp3) is 0.333. The Kier molecular flexibility index (Phi) is 6.78. The van der Waals surface area contributed by atoms with Gasteiger partial charge in [0.2, 0.25) is 12.1 Å². The number of aliphatic carboxylic acids is 1. The van der Waals surface area contributed by atoms with E-state index in [-0.39, 0.29) is 33.8 Å². The standard InChI is InChI=1S/C24H22O12/c1-9-5-11-17(12(25)6-9)21(31)18-10(19(11)29)3-2-4-13(18)35-24-23(33)22(32)20(30)14(36-24)8-34-16(28)7-15(26)27/h2-6,14,20,22-25,30,32-33H,7-8H2,1H3,(H,26,27)/t14-,20-,22+,23-,24+/m1/s1. The van der Waals surface area contributed by atoms with Gasteiger partial charge < -0.3 is 39.7 Å². The molecule has 190 valence electrons. The molecule has 12 nitrogen and oxygen atoms in total. The van der Waals surface area contributed by atoms with E-state index < -0.39 is 67.2 Å². The molecule has 5 N–H and O–H groups in total. The van der Waals surface area contributed by atoms with Crippen molar-refractivity contribution in [3.8, 4) is 11.5 Å². The normalized spacial score (nSPS) is 25.1. The third-order valence-electron chi connectivity index (χ3n) is 5.85. The summed E-state index contributed by atoms with van der Waals surface area (Å²) in [5.41, 5.74) is 0.176. The number of ether oxygens (including phenoxy) is 3. The Morgan fingerprint density at radius 3 is 2.39 bits per heavy atom. The Labute approximate surface area is 203 Å². The molecule has 4 rings (SSSR count). The summed E-state index contributed by atoms with van der Waals surface area (Å²) in [5.74, 6) is -4.39. The Hall–Kier alpha value is -3.84. The van der Waals surface area contributed by atoms with Crippen molar-refractivity contribution >= 4 is 23.5 Å². The molecule has 2 aromatic rings. The topological polar surface area (TPSA) is 197 Å². The van der Waals surface area contributed by atoms with E-state index in [0.717, 1.165) is 0 Å². The quantitative estimate of drug-likeness (QED) is 0.218. The zero-order chi connectivity index (χ0) is 26.3. The number of benzene rings is 2. The molecule has 0 aromatic heterocycles. The van der Waals surface area contributed by atoms with Gasteiger partial charge in [0.25, 0.3) is 0 Å². The second kappa shape index (κ2) is 9.66. The van der Waals surface area contributed by atoms with Crippen LogP contribution < -0.4 is 4.74 Å². The molecule has 1 aliphatic carbocycles. The van der Waals surface area contributed by atoms with Crippen LogP contribution in [0.25, 0.3) is 0 Å². The Morgan fingerprint density at radius 1 is 0.972 bits per heavy atom. The number of fused-ring (bicyclic) bond motifs is 2. The van der Waals surface area contributed by atoms with Gasteiger partial charge in [0.15, 0.2) is 5.78 Å². The number of carbonyl (C=O) groups excluding carboxylic acids is 3. The SMILES string of the molecule is Cc1cc(O)c2c(c1)C(=O)c1cccc(O[C@H]3O[C@H](COC(=O)CC(=O)O)[C@@H](O)[C@H](O)[C@H]3O)c1C2=O. The lowest BCUT2D eigenvalue weighted by molar-refractivity contribution is -0.278. The predicted molar refractivity (Wildman–Crippen MR) is 117 cm³/mol. The number of aromatic hydroxyl groups is 1. The van der Waals surface area contributed by atoms with Crippen LogP contribution in [0.5, 0.6) is 11.5 Å². The molecule has 1 heterocycles. The fourth-order valence-electron chi connectivity index (χ4n) is 4.13. The minimum absolute atomic E-state index is 0.0139. The summed E-state index contributed by atoms with van der Waals surface area (Å²) in [6, 6.07) is 6.95. The van der Waals surface area contributed by atoms with Crippen molar-refractivity contribution in [1.82, 2.24) is 0 Å². The highest BCUT2D eigenvalue weighted by molar-refractivity contribution is 6.30. The van der Waals surface area contributed by atoms with Gasteiger partial charge in [-0.15, -0.1) is 0 Å². The first-order valence-electron chi connectivity index (χ1n) is 10.8. The molecular weight excluding hydrogens is 480 g/mol. The first kappa shape index (κ1) is 25.3. The number of aliphatic hydroxyl groups is 3. The molecule has 0 bridgehead atoms. The average molecular weight is 502 g/mol. The number of phenols is 1. The molecule has 36 heavy (non-hydrogen) atoms. The number of rotatable bonds is 6. The minimum Gasteiger partial charge on any atom is -0.507 e. The number of esters is 1. The van der Waals surface area contributed by atoms with Gasteiger partial charge >= 0.3 is 11.9 Å². The highest BCUT2D eigenvalue weighted by atomic mass is 16.7. The van der Waals surface area contributed by atoms with Gasteiger partial charge in [0.05, 0.1) is 11.1 Å².